The number of fused-ring (bicyclic) bond motifs is 1. The molecule has 0 bridgehead atoms. The first-order valence-electron chi connectivity index (χ1n) is 10.9. The van der Waals surface area contributed by atoms with Gasteiger partial charge in [-0.25, -0.2) is 4.68 Å². The molecule has 1 aromatic heterocycles. The van der Waals surface area contributed by atoms with Gasteiger partial charge in [0.15, 0.2) is 0 Å². The SMILES string of the molecule is CCCSc1nc2n(n1)C(c1cc(Br)ccc1OCC)C(C(=O)Nc1ccccc1)=C(C)N2. The van der Waals surface area contributed by atoms with Crippen molar-refractivity contribution in [1.82, 2.24) is 14.8 Å². The average Bonchev–Trinajstić information content (AvgIpc) is 3.21. The summed E-state index contributed by atoms with van der Waals surface area (Å²) in [6, 6.07) is 14.7. The summed E-state index contributed by atoms with van der Waals surface area (Å²) in [5.41, 5.74) is 2.85. The van der Waals surface area contributed by atoms with Gasteiger partial charge in [-0.15, -0.1) is 5.10 Å². The quantitative estimate of drug-likeness (QED) is 0.356. The number of hydrogen-bond acceptors (Lipinski definition) is 6. The Morgan fingerprint density at radius 1 is 1.24 bits per heavy atom. The van der Waals surface area contributed by atoms with E-state index in [0.29, 0.717) is 29.0 Å². The molecule has 2 aromatic carbocycles. The lowest BCUT2D eigenvalue weighted by Crippen LogP contribution is -2.31. The van der Waals surface area contributed by atoms with E-state index in [-0.39, 0.29) is 5.91 Å². The van der Waals surface area contributed by atoms with E-state index in [1.807, 2.05) is 62.4 Å². The van der Waals surface area contributed by atoms with Crippen LogP contribution in [-0.2, 0) is 4.79 Å². The fraction of sp³-hybridized carbons (Fsp3) is 0.292. The van der Waals surface area contributed by atoms with Gasteiger partial charge in [0.05, 0.1) is 12.2 Å². The van der Waals surface area contributed by atoms with Crippen molar-refractivity contribution in [3.05, 3.63) is 69.8 Å². The number of allylic oxidation sites excluding steroid dienone is 1. The van der Waals surface area contributed by atoms with Crippen molar-refractivity contribution in [2.24, 2.45) is 0 Å². The molecule has 0 spiro atoms. The van der Waals surface area contributed by atoms with Gasteiger partial charge in [-0.3, -0.25) is 4.79 Å². The normalized spacial score (nSPS) is 15.1. The van der Waals surface area contributed by atoms with Crippen molar-refractivity contribution < 1.29 is 9.53 Å². The summed E-state index contributed by atoms with van der Waals surface area (Å²) in [4.78, 5) is 18.3. The standard InChI is InChI=1S/C24H26BrN5O2S/c1-4-13-33-24-28-23-26-15(3)20(22(31)27-17-9-7-6-8-10-17)21(30(23)29-24)18-14-16(25)11-12-19(18)32-5-2/h6-12,14,21H,4-5,13H2,1-3H3,(H,27,31)(H,26,28,29). The highest BCUT2D eigenvalue weighted by Crippen LogP contribution is 2.41. The molecule has 1 amide bonds. The number of amides is 1. The molecule has 1 aliphatic heterocycles. The molecule has 3 aromatic rings. The van der Waals surface area contributed by atoms with Gasteiger partial charge in [0, 0.05) is 27.2 Å². The summed E-state index contributed by atoms with van der Waals surface area (Å²) >= 11 is 5.18. The third kappa shape index (κ3) is 5.09. The molecule has 4 rings (SSSR count). The zero-order valence-corrected chi connectivity index (χ0v) is 21.2. The maximum Gasteiger partial charge on any atom is 0.255 e. The van der Waals surface area contributed by atoms with E-state index in [0.717, 1.165) is 33.6 Å². The molecule has 0 saturated carbocycles. The average molecular weight is 528 g/mol. The molecule has 0 saturated heterocycles. The smallest absolute Gasteiger partial charge is 0.255 e. The van der Waals surface area contributed by atoms with E-state index in [9.17, 15) is 4.79 Å². The number of halogens is 1. The molecule has 0 fully saturated rings. The molecule has 2 N–H and O–H groups in total. The number of para-hydroxylation sites is 1. The highest BCUT2D eigenvalue weighted by Gasteiger charge is 2.36. The number of nitrogens with one attached hydrogen (secondary N) is 2. The lowest BCUT2D eigenvalue weighted by molar-refractivity contribution is -0.113. The van der Waals surface area contributed by atoms with E-state index >= 15 is 0 Å². The van der Waals surface area contributed by atoms with E-state index < -0.39 is 6.04 Å². The lowest BCUT2D eigenvalue weighted by atomic mass is 9.94. The van der Waals surface area contributed by atoms with Crippen LogP contribution in [-0.4, -0.2) is 33.0 Å². The predicted molar refractivity (Wildman–Crippen MR) is 136 cm³/mol. The Labute approximate surface area is 206 Å². The highest BCUT2D eigenvalue weighted by atomic mass is 79.9. The van der Waals surface area contributed by atoms with Crippen LogP contribution in [0.15, 0.2) is 69.4 Å². The summed E-state index contributed by atoms with van der Waals surface area (Å²) in [6.45, 7) is 6.47. The number of aromatic nitrogens is 3. The van der Waals surface area contributed by atoms with Gasteiger partial charge in [0.2, 0.25) is 11.1 Å². The Hall–Kier alpha value is -2.78. The summed E-state index contributed by atoms with van der Waals surface area (Å²) < 4.78 is 8.63. The number of thioether (sulfide) groups is 1. The Morgan fingerprint density at radius 3 is 2.76 bits per heavy atom. The van der Waals surface area contributed by atoms with Crippen LogP contribution in [0.2, 0.25) is 0 Å². The maximum atomic E-state index is 13.6. The Kier molecular flexibility index (Phi) is 7.39. The number of carbonyl (C=O) groups excluding carboxylic acids is 1. The lowest BCUT2D eigenvalue weighted by Gasteiger charge is -2.29. The molecule has 1 atom stereocenters. The Balaban J connectivity index is 1.83. The van der Waals surface area contributed by atoms with Crippen molar-refractivity contribution >= 4 is 45.2 Å². The molecule has 0 aliphatic carbocycles. The van der Waals surface area contributed by atoms with Gasteiger partial charge in [-0.2, -0.15) is 4.98 Å². The van der Waals surface area contributed by atoms with Crippen LogP contribution in [0, 0.1) is 0 Å². The minimum atomic E-state index is -0.507. The Bertz CT molecular complexity index is 1180. The van der Waals surface area contributed by atoms with Crippen LogP contribution in [0.1, 0.15) is 38.8 Å². The van der Waals surface area contributed by atoms with Crippen LogP contribution >= 0.6 is 27.7 Å². The Morgan fingerprint density at radius 2 is 2.03 bits per heavy atom. The summed E-state index contributed by atoms with van der Waals surface area (Å²) in [5, 5.41) is 11.8. The minimum Gasteiger partial charge on any atom is -0.494 e. The zero-order valence-electron chi connectivity index (χ0n) is 18.8. The van der Waals surface area contributed by atoms with E-state index in [1.165, 1.54) is 0 Å². The van der Waals surface area contributed by atoms with Gasteiger partial charge < -0.3 is 15.4 Å². The second kappa shape index (κ2) is 10.4. The van der Waals surface area contributed by atoms with Crippen LogP contribution in [0.3, 0.4) is 0 Å². The molecular formula is C24H26BrN5O2S. The van der Waals surface area contributed by atoms with Crippen LogP contribution in [0.25, 0.3) is 0 Å². The molecular weight excluding hydrogens is 502 g/mol. The fourth-order valence-electron chi connectivity index (χ4n) is 3.71. The van der Waals surface area contributed by atoms with Crippen molar-refractivity contribution in [2.45, 2.75) is 38.4 Å². The molecule has 2 heterocycles. The maximum absolute atomic E-state index is 13.6. The van der Waals surface area contributed by atoms with E-state index in [2.05, 4.69) is 38.5 Å². The predicted octanol–water partition coefficient (Wildman–Crippen LogP) is 5.87. The van der Waals surface area contributed by atoms with Crippen molar-refractivity contribution in [3.8, 4) is 5.75 Å². The third-order valence-electron chi connectivity index (χ3n) is 5.11. The zero-order chi connectivity index (χ0) is 23.4. The van der Waals surface area contributed by atoms with E-state index in [1.54, 1.807) is 16.4 Å². The minimum absolute atomic E-state index is 0.206. The first-order valence-corrected chi connectivity index (χ1v) is 12.7. The topological polar surface area (TPSA) is 81.1 Å². The van der Waals surface area contributed by atoms with Crippen molar-refractivity contribution in [2.75, 3.05) is 23.0 Å². The van der Waals surface area contributed by atoms with Crippen LogP contribution < -0.4 is 15.4 Å². The van der Waals surface area contributed by atoms with Crippen LogP contribution in [0.5, 0.6) is 5.75 Å². The number of nitrogens with zero attached hydrogens (tertiary/aromatic N) is 3. The van der Waals surface area contributed by atoms with Crippen LogP contribution in [0.4, 0.5) is 11.6 Å². The molecule has 1 unspecified atom stereocenters. The molecule has 1 aliphatic rings. The number of ether oxygens (including phenoxy) is 1. The van der Waals surface area contributed by atoms with Gasteiger partial charge >= 0.3 is 0 Å². The molecule has 172 valence electrons. The first-order chi connectivity index (χ1) is 16.0. The number of carbonyl (C=O) groups is 1. The summed E-state index contributed by atoms with van der Waals surface area (Å²) in [7, 11) is 0. The summed E-state index contributed by atoms with van der Waals surface area (Å²) in [5.74, 6) is 2.02. The summed E-state index contributed by atoms with van der Waals surface area (Å²) in [6.07, 6.45) is 1.02. The monoisotopic (exact) mass is 527 g/mol. The molecule has 0 radical (unpaired) electrons. The molecule has 9 heteroatoms. The molecule has 7 nitrogen and oxygen atoms in total. The van der Waals surface area contributed by atoms with Gasteiger partial charge in [0.25, 0.3) is 5.91 Å². The first kappa shape index (κ1) is 23.4. The van der Waals surface area contributed by atoms with Crippen molar-refractivity contribution in [1.29, 1.82) is 0 Å². The van der Waals surface area contributed by atoms with Gasteiger partial charge in [0.1, 0.15) is 11.8 Å². The second-order valence-electron chi connectivity index (χ2n) is 7.51. The second-order valence-corrected chi connectivity index (χ2v) is 9.49. The molecule has 33 heavy (non-hydrogen) atoms. The number of benzene rings is 2. The number of hydrogen-bond donors (Lipinski definition) is 2. The largest absolute Gasteiger partial charge is 0.494 e. The number of anilines is 2. The van der Waals surface area contributed by atoms with Crippen molar-refractivity contribution in [3.63, 3.8) is 0 Å². The number of rotatable bonds is 8. The highest BCUT2D eigenvalue weighted by molar-refractivity contribution is 9.10. The van der Waals surface area contributed by atoms with Gasteiger partial charge in [-0.05, 0) is 50.6 Å². The van der Waals surface area contributed by atoms with Gasteiger partial charge in [-0.1, -0.05) is 52.8 Å². The third-order valence-corrected chi connectivity index (χ3v) is 6.65. The fourth-order valence-corrected chi connectivity index (χ4v) is 4.77. The van der Waals surface area contributed by atoms with E-state index in [4.69, 9.17) is 9.84 Å².